The maximum absolute atomic E-state index is 12.0. The van der Waals surface area contributed by atoms with E-state index in [9.17, 15) is 8.42 Å². The van der Waals surface area contributed by atoms with Crippen LogP contribution < -0.4 is 4.72 Å². The molecular formula is C11H11BrN2O2S2. The zero-order valence-corrected chi connectivity index (χ0v) is 12.8. The third-order valence-corrected chi connectivity index (χ3v) is 6.34. The number of pyridine rings is 1. The summed E-state index contributed by atoms with van der Waals surface area (Å²) in [5.74, 6) is 0. The Balaban J connectivity index is 2.11. The van der Waals surface area contributed by atoms with E-state index in [4.69, 9.17) is 0 Å². The first-order valence-corrected chi connectivity index (χ1v) is 8.29. The fraction of sp³-hybridized carbons (Fsp3) is 0.182. The van der Waals surface area contributed by atoms with Crippen molar-refractivity contribution in [2.75, 3.05) is 0 Å². The van der Waals surface area contributed by atoms with Gasteiger partial charge in [0.05, 0.1) is 0 Å². The highest BCUT2D eigenvalue weighted by Crippen LogP contribution is 2.27. The first kappa shape index (κ1) is 13.7. The molecule has 0 radical (unpaired) electrons. The van der Waals surface area contributed by atoms with Crippen molar-refractivity contribution in [2.45, 2.75) is 17.7 Å². The SMILES string of the molecule is Cc1ccc(CNS(=O)(=O)c2sccc2Br)cn1. The van der Waals surface area contributed by atoms with E-state index in [1.807, 2.05) is 19.1 Å². The minimum Gasteiger partial charge on any atom is -0.261 e. The number of nitrogens with one attached hydrogen (secondary N) is 1. The van der Waals surface area contributed by atoms with Crippen LogP contribution in [-0.4, -0.2) is 13.4 Å². The zero-order chi connectivity index (χ0) is 13.2. The predicted molar refractivity (Wildman–Crippen MR) is 75.0 cm³/mol. The van der Waals surface area contributed by atoms with E-state index in [1.165, 1.54) is 11.3 Å². The minimum absolute atomic E-state index is 0.236. The molecule has 4 nitrogen and oxygen atoms in total. The molecule has 2 aromatic heterocycles. The summed E-state index contributed by atoms with van der Waals surface area (Å²) in [6.07, 6.45) is 1.67. The van der Waals surface area contributed by atoms with Gasteiger partial charge in [-0.3, -0.25) is 4.98 Å². The van der Waals surface area contributed by atoms with Crippen molar-refractivity contribution >= 4 is 37.3 Å². The van der Waals surface area contributed by atoms with Crippen LogP contribution in [0.2, 0.25) is 0 Å². The number of rotatable bonds is 4. The Labute approximate surface area is 118 Å². The van der Waals surface area contributed by atoms with E-state index < -0.39 is 10.0 Å². The number of nitrogens with zero attached hydrogens (tertiary/aromatic N) is 1. The summed E-state index contributed by atoms with van der Waals surface area (Å²) in [5, 5.41) is 1.73. The van der Waals surface area contributed by atoms with Crippen LogP contribution in [0.4, 0.5) is 0 Å². The minimum atomic E-state index is -3.46. The van der Waals surface area contributed by atoms with Gasteiger partial charge in [0, 0.05) is 22.9 Å². The van der Waals surface area contributed by atoms with Crippen molar-refractivity contribution in [3.63, 3.8) is 0 Å². The van der Waals surface area contributed by atoms with Gasteiger partial charge in [-0.05, 0) is 45.9 Å². The lowest BCUT2D eigenvalue weighted by Gasteiger charge is -2.05. The van der Waals surface area contributed by atoms with Gasteiger partial charge in [-0.1, -0.05) is 6.07 Å². The summed E-state index contributed by atoms with van der Waals surface area (Å²) < 4.78 is 27.4. The van der Waals surface area contributed by atoms with Crippen LogP contribution in [0, 0.1) is 6.92 Å². The summed E-state index contributed by atoms with van der Waals surface area (Å²) in [6, 6.07) is 5.42. The van der Waals surface area contributed by atoms with Crippen LogP contribution in [0.15, 0.2) is 38.5 Å². The van der Waals surface area contributed by atoms with Gasteiger partial charge >= 0.3 is 0 Å². The summed E-state index contributed by atoms with van der Waals surface area (Å²) >= 11 is 4.40. The average Bonchev–Trinajstić information content (AvgIpc) is 2.76. The number of aryl methyl sites for hydroxylation is 1. The lowest BCUT2D eigenvalue weighted by Crippen LogP contribution is -2.22. The number of sulfonamides is 1. The van der Waals surface area contributed by atoms with Crippen LogP contribution in [0.25, 0.3) is 0 Å². The molecule has 0 aliphatic heterocycles. The van der Waals surface area contributed by atoms with Gasteiger partial charge < -0.3 is 0 Å². The molecule has 0 saturated carbocycles. The number of halogens is 1. The average molecular weight is 347 g/mol. The van der Waals surface area contributed by atoms with Gasteiger partial charge in [-0.15, -0.1) is 11.3 Å². The molecule has 2 rings (SSSR count). The maximum atomic E-state index is 12.0. The Hall–Kier alpha value is -0.760. The molecule has 7 heteroatoms. The number of thiophene rings is 1. The standard InChI is InChI=1S/C11H11BrN2O2S2/c1-8-2-3-9(6-13-8)7-14-18(15,16)11-10(12)4-5-17-11/h2-6,14H,7H2,1H3. The van der Waals surface area contributed by atoms with Gasteiger partial charge in [0.15, 0.2) is 0 Å². The second-order valence-electron chi connectivity index (χ2n) is 3.69. The van der Waals surface area contributed by atoms with E-state index in [2.05, 4.69) is 25.6 Å². The molecule has 0 bridgehead atoms. The number of aromatic nitrogens is 1. The molecule has 2 aromatic rings. The van der Waals surface area contributed by atoms with E-state index in [0.717, 1.165) is 11.3 Å². The largest absolute Gasteiger partial charge is 0.261 e. The molecule has 0 atom stereocenters. The molecule has 0 unspecified atom stereocenters. The molecule has 0 spiro atoms. The smallest absolute Gasteiger partial charge is 0.251 e. The monoisotopic (exact) mass is 346 g/mol. The Morgan fingerprint density at radius 1 is 1.39 bits per heavy atom. The third kappa shape index (κ3) is 3.17. The van der Waals surface area contributed by atoms with Gasteiger partial charge in [0.2, 0.25) is 0 Å². The topological polar surface area (TPSA) is 59.1 Å². The summed E-state index contributed by atoms with van der Waals surface area (Å²) in [4.78, 5) is 4.12. The van der Waals surface area contributed by atoms with Crippen LogP contribution in [0.3, 0.4) is 0 Å². The highest BCUT2D eigenvalue weighted by Gasteiger charge is 2.18. The molecule has 2 heterocycles. The third-order valence-electron chi connectivity index (χ3n) is 2.27. The van der Waals surface area contributed by atoms with Crippen molar-refractivity contribution < 1.29 is 8.42 Å². The van der Waals surface area contributed by atoms with E-state index in [1.54, 1.807) is 17.6 Å². The predicted octanol–water partition coefficient (Wildman–Crippen LogP) is 2.69. The fourth-order valence-corrected chi connectivity index (χ4v) is 4.72. The van der Waals surface area contributed by atoms with Crippen LogP contribution in [-0.2, 0) is 16.6 Å². The van der Waals surface area contributed by atoms with Crippen molar-refractivity contribution in [3.05, 3.63) is 45.5 Å². The molecule has 0 amide bonds. The lowest BCUT2D eigenvalue weighted by molar-refractivity contribution is 0.583. The molecule has 0 aliphatic carbocycles. The van der Waals surface area contributed by atoms with Gasteiger partial charge in [-0.2, -0.15) is 0 Å². The molecule has 0 saturated heterocycles. The van der Waals surface area contributed by atoms with Gasteiger partial charge in [0.1, 0.15) is 4.21 Å². The number of hydrogen-bond acceptors (Lipinski definition) is 4. The summed E-state index contributed by atoms with van der Waals surface area (Å²) in [7, 11) is -3.46. The van der Waals surface area contributed by atoms with E-state index >= 15 is 0 Å². The summed E-state index contributed by atoms with van der Waals surface area (Å²) in [5.41, 5.74) is 1.74. The van der Waals surface area contributed by atoms with Crippen LogP contribution in [0.1, 0.15) is 11.3 Å². The second-order valence-corrected chi connectivity index (χ2v) is 7.42. The molecule has 96 valence electrons. The Morgan fingerprint density at radius 2 is 2.17 bits per heavy atom. The molecule has 0 aliphatic rings. The summed E-state index contributed by atoms with van der Waals surface area (Å²) in [6.45, 7) is 2.12. The van der Waals surface area contributed by atoms with Crippen molar-refractivity contribution in [1.82, 2.24) is 9.71 Å². The van der Waals surface area contributed by atoms with Crippen molar-refractivity contribution in [3.8, 4) is 0 Å². The molecule has 0 aromatic carbocycles. The maximum Gasteiger partial charge on any atom is 0.251 e. The van der Waals surface area contributed by atoms with E-state index in [0.29, 0.717) is 8.68 Å². The van der Waals surface area contributed by atoms with Crippen molar-refractivity contribution in [2.24, 2.45) is 0 Å². The molecule has 18 heavy (non-hydrogen) atoms. The van der Waals surface area contributed by atoms with Gasteiger partial charge in [-0.25, -0.2) is 13.1 Å². The highest BCUT2D eigenvalue weighted by atomic mass is 79.9. The Morgan fingerprint density at radius 3 is 2.72 bits per heavy atom. The van der Waals surface area contributed by atoms with Crippen LogP contribution in [0.5, 0.6) is 0 Å². The van der Waals surface area contributed by atoms with E-state index in [-0.39, 0.29) is 6.54 Å². The fourth-order valence-electron chi connectivity index (χ4n) is 1.32. The Kier molecular flexibility index (Phi) is 4.16. The molecular weight excluding hydrogens is 336 g/mol. The van der Waals surface area contributed by atoms with Gasteiger partial charge in [0.25, 0.3) is 10.0 Å². The van der Waals surface area contributed by atoms with Crippen molar-refractivity contribution in [1.29, 1.82) is 0 Å². The lowest BCUT2D eigenvalue weighted by atomic mass is 10.2. The Bertz CT molecular complexity index is 635. The number of hydrogen-bond donors (Lipinski definition) is 1. The molecule has 1 N–H and O–H groups in total. The quantitative estimate of drug-likeness (QED) is 0.925. The molecule has 0 fully saturated rings. The first-order valence-electron chi connectivity index (χ1n) is 5.13. The highest BCUT2D eigenvalue weighted by molar-refractivity contribution is 9.10. The van der Waals surface area contributed by atoms with Crippen LogP contribution >= 0.6 is 27.3 Å². The normalized spacial score (nSPS) is 11.7. The zero-order valence-electron chi connectivity index (χ0n) is 9.55. The first-order chi connectivity index (χ1) is 8.49. The second kappa shape index (κ2) is 5.48.